The zero-order valence-electron chi connectivity index (χ0n) is 16.7. The van der Waals surface area contributed by atoms with Crippen LogP contribution in [0.25, 0.3) is 11.0 Å². The Balaban J connectivity index is 1.31. The monoisotopic (exact) mass is 424 g/mol. The molecule has 5 rings (SSSR count). The van der Waals surface area contributed by atoms with Gasteiger partial charge in [-0.25, -0.2) is 9.97 Å². The van der Waals surface area contributed by atoms with Gasteiger partial charge in [-0.15, -0.1) is 0 Å². The van der Waals surface area contributed by atoms with E-state index in [0.717, 1.165) is 49.8 Å². The Bertz CT molecular complexity index is 910. The van der Waals surface area contributed by atoms with E-state index in [0.29, 0.717) is 12.4 Å². The molecular weight excluding hydrogens is 397 g/mol. The standard InChI is InChI=1S/C20H27F3N6O/c21-20(22,23)13-9-19(4-6-25-7-5-19)28(10-13)11-14-1-2-16(30-14)29-8-3-15-17(24)26-12-27-18(15)29/h3,8,12-14,16,25H,1-2,4-7,9-11H2,(H2,24,26,27). The molecule has 3 N–H and O–H groups in total. The predicted octanol–water partition coefficient (Wildman–Crippen LogP) is 2.70. The molecule has 3 fully saturated rings. The van der Waals surface area contributed by atoms with Crippen LogP contribution in [0.15, 0.2) is 18.6 Å². The molecule has 1 spiro atoms. The second-order valence-electron chi connectivity index (χ2n) is 8.83. The Kier molecular flexibility index (Phi) is 4.90. The number of aromatic nitrogens is 3. The predicted molar refractivity (Wildman–Crippen MR) is 106 cm³/mol. The first-order chi connectivity index (χ1) is 14.4. The molecule has 0 radical (unpaired) electrons. The number of alkyl halides is 3. The van der Waals surface area contributed by atoms with Crippen LogP contribution in [-0.4, -0.2) is 63.4 Å². The number of ether oxygens (including phenoxy) is 1. The van der Waals surface area contributed by atoms with Crippen molar-refractivity contribution < 1.29 is 17.9 Å². The number of halogens is 3. The minimum absolute atomic E-state index is 0.0736. The first-order valence-electron chi connectivity index (χ1n) is 10.6. The van der Waals surface area contributed by atoms with Crippen molar-refractivity contribution in [3.63, 3.8) is 0 Å². The Labute approximate surface area is 172 Å². The number of fused-ring (bicyclic) bond motifs is 1. The molecule has 30 heavy (non-hydrogen) atoms. The third-order valence-corrected chi connectivity index (χ3v) is 7.09. The average molecular weight is 424 g/mol. The summed E-state index contributed by atoms with van der Waals surface area (Å²) in [5.41, 5.74) is 6.28. The molecule has 2 aromatic heterocycles. The lowest BCUT2D eigenvalue weighted by Crippen LogP contribution is -2.52. The van der Waals surface area contributed by atoms with Gasteiger partial charge in [0.2, 0.25) is 0 Å². The van der Waals surface area contributed by atoms with Gasteiger partial charge in [0.25, 0.3) is 0 Å². The number of likely N-dealkylation sites (tertiary alicyclic amines) is 1. The van der Waals surface area contributed by atoms with Crippen molar-refractivity contribution in [3.05, 3.63) is 18.6 Å². The molecule has 3 aliphatic rings. The lowest BCUT2D eigenvalue weighted by Gasteiger charge is -2.42. The summed E-state index contributed by atoms with van der Waals surface area (Å²) in [5, 5.41) is 4.07. The van der Waals surface area contributed by atoms with E-state index >= 15 is 0 Å². The van der Waals surface area contributed by atoms with E-state index in [-0.39, 0.29) is 30.8 Å². The Morgan fingerprint density at radius 1 is 1.23 bits per heavy atom. The zero-order valence-corrected chi connectivity index (χ0v) is 16.7. The van der Waals surface area contributed by atoms with Gasteiger partial charge in [-0.1, -0.05) is 0 Å². The fraction of sp³-hybridized carbons (Fsp3) is 0.700. The third-order valence-electron chi connectivity index (χ3n) is 7.09. The van der Waals surface area contributed by atoms with Gasteiger partial charge < -0.3 is 20.4 Å². The molecule has 3 unspecified atom stereocenters. The normalized spacial score (nSPS) is 29.9. The molecule has 2 aromatic rings. The Morgan fingerprint density at radius 2 is 2.03 bits per heavy atom. The molecule has 0 bridgehead atoms. The van der Waals surface area contributed by atoms with Gasteiger partial charge in [0.15, 0.2) is 0 Å². The highest BCUT2D eigenvalue weighted by molar-refractivity contribution is 5.86. The maximum atomic E-state index is 13.5. The van der Waals surface area contributed by atoms with Crippen LogP contribution < -0.4 is 11.1 Å². The number of hydrogen-bond donors (Lipinski definition) is 2. The molecule has 0 aromatic carbocycles. The van der Waals surface area contributed by atoms with Crippen molar-refractivity contribution >= 4 is 16.9 Å². The summed E-state index contributed by atoms with van der Waals surface area (Å²) in [6.07, 6.45) is 2.23. The highest BCUT2D eigenvalue weighted by atomic mass is 19.4. The van der Waals surface area contributed by atoms with Crippen molar-refractivity contribution in [2.75, 3.05) is 31.9 Å². The van der Waals surface area contributed by atoms with E-state index in [1.165, 1.54) is 6.33 Å². The van der Waals surface area contributed by atoms with Gasteiger partial charge >= 0.3 is 6.18 Å². The number of piperidine rings is 1. The van der Waals surface area contributed by atoms with E-state index in [2.05, 4.69) is 20.2 Å². The molecule has 3 atom stereocenters. The summed E-state index contributed by atoms with van der Waals surface area (Å²) in [7, 11) is 0. The van der Waals surface area contributed by atoms with Crippen LogP contribution >= 0.6 is 0 Å². The number of nitrogen functional groups attached to an aromatic ring is 1. The first kappa shape index (κ1) is 20.0. The van der Waals surface area contributed by atoms with E-state index in [1.54, 1.807) is 0 Å². The number of rotatable bonds is 3. The van der Waals surface area contributed by atoms with E-state index in [4.69, 9.17) is 10.5 Å². The minimum atomic E-state index is -4.14. The molecule has 7 nitrogen and oxygen atoms in total. The van der Waals surface area contributed by atoms with Crippen LogP contribution in [0.1, 0.15) is 38.3 Å². The number of nitrogens with one attached hydrogen (secondary N) is 1. The van der Waals surface area contributed by atoms with Gasteiger partial charge in [-0.3, -0.25) is 4.90 Å². The molecule has 3 aliphatic heterocycles. The summed E-state index contributed by atoms with van der Waals surface area (Å²) in [6, 6.07) is 1.87. The summed E-state index contributed by atoms with van der Waals surface area (Å²) < 4.78 is 48.8. The molecule has 0 aliphatic carbocycles. The van der Waals surface area contributed by atoms with Crippen molar-refractivity contribution in [1.29, 1.82) is 0 Å². The van der Waals surface area contributed by atoms with Gasteiger partial charge in [-0.2, -0.15) is 13.2 Å². The fourth-order valence-electron chi connectivity index (χ4n) is 5.51. The van der Waals surface area contributed by atoms with Crippen molar-refractivity contribution in [2.24, 2.45) is 5.92 Å². The minimum Gasteiger partial charge on any atom is -0.383 e. The summed E-state index contributed by atoms with van der Waals surface area (Å²) in [6.45, 7) is 2.15. The largest absolute Gasteiger partial charge is 0.393 e. The highest BCUT2D eigenvalue weighted by Gasteiger charge is 2.54. The molecule has 0 saturated carbocycles. The molecular formula is C20H27F3N6O. The summed E-state index contributed by atoms with van der Waals surface area (Å²) >= 11 is 0. The van der Waals surface area contributed by atoms with Crippen molar-refractivity contribution in [3.8, 4) is 0 Å². The van der Waals surface area contributed by atoms with Gasteiger partial charge in [0.05, 0.1) is 17.4 Å². The molecule has 5 heterocycles. The SMILES string of the molecule is Nc1ncnc2c1ccn2C1CCC(CN2CC(C(F)(F)F)CC23CCNCC3)O1. The third kappa shape index (κ3) is 3.44. The maximum absolute atomic E-state index is 13.5. The number of anilines is 1. The number of hydrogen-bond acceptors (Lipinski definition) is 6. The topological polar surface area (TPSA) is 81.2 Å². The molecule has 10 heteroatoms. The van der Waals surface area contributed by atoms with Crippen molar-refractivity contribution in [1.82, 2.24) is 24.8 Å². The second kappa shape index (κ2) is 7.35. The van der Waals surface area contributed by atoms with E-state index < -0.39 is 12.1 Å². The lowest BCUT2D eigenvalue weighted by atomic mass is 9.83. The van der Waals surface area contributed by atoms with Crippen LogP contribution in [0.2, 0.25) is 0 Å². The summed E-state index contributed by atoms with van der Waals surface area (Å²) in [4.78, 5) is 10.4. The van der Waals surface area contributed by atoms with Crippen LogP contribution in [0.5, 0.6) is 0 Å². The van der Waals surface area contributed by atoms with Gasteiger partial charge in [-0.05, 0) is 51.3 Å². The molecule has 0 amide bonds. The van der Waals surface area contributed by atoms with Gasteiger partial charge in [0.1, 0.15) is 24.0 Å². The van der Waals surface area contributed by atoms with Crippen LogP contribution in [0.4, 0.5) is 19.0 Å². The summed E-state index contributed by atoms with van der Waals surface area (Å²) in [5.74, 6) is -0.822. The molecule has 3 saturated heterocycles. The fourth-order valence-corrected chi connectivity index (χ4v) is 5.51. The number of nitrogens with two attached hydrogens (primary N) is 1. The average Bonchev–Trinajstić information content (AvgIpc) is 3.41. The molecule has 164 valence electrons. The lowest BCUT2D eigenvalue weighted by molar-refractivity contribution is -0.171. The Morgan fingerprint density at radius 3 is 2.80 bits per heavy atom. The van der Waals surface area contributed by atoms with E-state index in [1.807, 2.05) is 16.8 Å². The van der Waals surface area contributed by atoms with E-state index in [9.17, 15) is 13.2 Å². The highest BCUT2D eigenvalue weighted by Crippen LogP contribution is 2.46. The van der Waals surface area contributed by atoms with Crippen molar-refractivity contribution in [2.45, 2.75) is 56.2 Å². The number of nitrogens with zero attached hydrogens (tertiary/aromatic N) is 4. The Hall–Kier alpha value is -1.91. The maximum Gasteiger partial charge on any atom is 0.393 e. The smallest absolute Gasteiger partial charge is 0.383 e. The van der Waals surface area contributed by atoms with Crippen LogP contribution in [-0.2, 0) is 4.74 Å². The zero-order chi connectivity index (χ0) is 20.9. The van der Waals surface area contributed by atoms with Crippen LogP contribution in [0.3, 0.4) is 0 Å². The van der Waals surface area contributed by atoms with Crippen LogP contribution in [0, 0.1) is 5.92 Å². The van der Waals surface area contributed by atoms with Gasteiger partial charge in [0, 0.05) is 24.8 Å². The first-order valence-corrected chi connectivity index (χ1v) is 10.6. The second-order valence-corrected chi connectivity index (χ2v) is 8.83. The quantitative estimate of drug-likeness (QED) is 0.789.